The van der Waals surface area contributed by atoms with E-state index in [1.807, 2.05) is 6.92 Å². The molecule has 0 unspecified atom stereocenters. The Balaban J connectivity index is 2.81. The molecule has 26 heavy (non-hydrogen) atoms. The highest BCUT2D eigenvalue weighted by atomic mass is 16.4. The fraction of sp³-hybridized carbons (Fsp3) is 0.444. The van der Waals surface area contributed by atoms with Crippen LogP contribution >= 0.6 is 0 Å². The molecule has 1 rings (SSSR count). The van der Waals surface area contributed by atoms with Crippen molar-refractivity contribution < 1.29 is 29.4 Å². The number of hydrogen-bond donors (Lipinski definition) is 4. The van der Waals surface area contributed by atoms with Gasteiger partial charge in [-0.3, -0.25) is 9.59 Å². The van der Waals surface area contributed by atoms with Crippen LogP contribution in [0.4, 0.5) is 0 Å². The molecule has 0 aromatic heterocycles. The summed E-state index contributed by atoms with van der Waals surface area (Å²) in [6, 6.07) is 3.79. The normalized spacial score (nSPS) is 12.7. The Morgan fingerprint density at radius 2 is 1.62 bits per heavy atom. The quantitative estimate of drug-likeness (QED) is 0.493. The number of benzene rings is 1. The fourth-order valence-corrected chi connectivity index (χ4v) is 2.41. The monoisotopic (exact) mass is 364 g/mol. The molecule has 8 nitrogen and oxygen atoms in total. The SMILES string of the molecule is CCCC[C@H](NC(C)=O)C(=O)N[C@@H](Cc1ccc(C(=O)O)cc1)C(=O)O. The van der Waals surface area contributed by atoms with Crippen molar-refractivity contribution in [2.24, 2.45) is 0 Å². The lowest BCUT2D eigenvalue weighted by atomic mass is 10.0. The molecule has 0 radical (unpaired) electrons. The number of unbranched alkanes of at least 4 members (excludes halogenated alkanes) is 1. The van der Waals surface area contributed by atoms with E-state index in [9.17, 15) is 24.3 Å². The number of carboxylic acids is 2. The summed E-state index contributed by atoms with van der Waals surface area (Å²) in [6.45, 7) is 3.24. The van der Waals surface area contributed by atoms with E-state index in [0.29, 0.717) is 18.4 Å². The van der Waals surface area contributed by atoms with Gasteiger partial charge in [-0.15, -0.1) is 0 Å². The van der Waals surface area contributed by atoms with Gasteiger partial charge in [0.05, 0.1) is 5.56 Å². The van der Waals surface area contributed by atoms with Crippen molar-refractivity contribution in [3.05, 3.63) is 35.4 Å². The van der Waals surface area contributed by atoms with Gasteiger partial charge in [0.25, 0.3) is 0 Å². The van der Waals surface area contributed by atoms with E-state index in [4.69, 9.17) is 5.11 Å². The van der Waals surface area contributed by atoms with Crippen molar-refractivity contribution in [2.45, 2.75) is 51.6 Å². The van der Waals surface area contributed by atoms with Crippen molar-refractivity contribution in [1.82, 2.24) is 10.6 Å². The number of carbonyl (C=O) groups is 4. The van der Waals surface area contributed by atoms with E-state index >= 15 is 0 Å². The molecule has 0 aliphatic carbocycles. The molecule has 2 amide bonds. The number of nitrogens with one attached hydrogen (secondary N) is 2. The molecule has 2 atom stereocenters. The summed E-state index contributed by atoms with van der Waals surface area (Å²) in [7, 11) is 0. The van der Waals surface area contributed by atoms with Crippen LogP contribution in [0.15, 0.2) is 24.3 Å². The largest absolute Gasteiger partial charge is 0.480 e. The molecule has 142 valence electrons. The second-order valence-corrected chi connectivity index (χ2v) is 6.00. The Kier molecular flexibility index (Phi) is 8.27. The van der Waals surface area contributed by atoms with E-state index in [-0.39, 0.29) is 17.9 Å². The first-order valence-corrected chi connectivity index (χ1v) is 8.37. The minimum absolute atomic E-state index is 0.00153. The summed E-state index contributed by atoms with van der Waals surface area (Å²) in [6.07, 6.45) is 1.97. The van der Waals surface area contributed by atoms with E-state index in [0.717, 1.165) is 6.42 Å². The smallest absolute Gasteiger partial charge is 0.335 e. The lowest BCUT2D eigenvalue weighted by molar-refractivity contribution is -0.142. The van der Waals surface area contributed by atoms with Crippen molar-refractivity contribution in [2.75, 3.05) is 0 Å². The summed E-state index contributed by atoms with van der Waals surface area (Å²) in [5.41, 5.74) is 0.669. The zero-order valence-corrected chi connectivity index (χ0v) is 14.8. The molecule has 0 aliphatic heterocycles. The summed E-state index contributed by atoms with van der Waals surface area (Å²) in [5.74, 6) is -3.20. The molecule has 1 aromatic rings. The number of carboxylic acid groups (broad SMARTS) is 2. The Morgan fingerprint density at radius 1 is 1.00 bits per heavy atom. The fourth-order valence-electron chi connectivity index (χ4n) is 2.41. The molecule has 8 heteroatoms. The van der Waals surface area contributed by atoms with E-state index in [1.165, 1.54) is 31.2 Å². The molecular weight excluding hydrogens is 340 g/mol. The van der Waals surface area contributed by atoms with Crippen molar-refractivity contribution in [3.8, 4) is 0 Å². The molecule has 0 heterocycles. The molecule has 0 spiro atoms. The molecular formula is C18H24N2O6. The Morgan fingerprint density at radius 3 is 2.08 bits per heavy atom. The minimum Gasteiger partial charge on any atom is -0.480 e. The third kappa shape index (κ3) is 6.92. The molecule has 0 fully saturated rings. The van der Waals surface area contributed by atoms with Gasteiger partial charge in [0.15, 0.2) is 0 Å². The minimum atomic E-state index is -1.21. The van der Waals surface area contributed by atoms with Crippen molar-refractivity contribution >= 4 is 23.8 Å². The summed E-state index contributed by atoms with van der Waals surface area (Å²) < 4.78 is 0. The highest BCUT2D eigenvalue weighted by Gasteiger charge is 2.25. The van der Waals surface area contributed by atoms with Gasteiger partial charge in [-0.2, -0.15) is 0 Å². The first-order chi connectivity index (χ1) is 12.2. The van der Waals surface area contributed by atoms with Gasteiger partial charge < -0.3 is 20.8 Å². The van der Waals surface area contributed by atoms with Gasteiger partial charge >= 0.3 is 11.9 Å². The summed E-state index contributed by atoms with van der Waals surface area (Å²) >= 11 is 0. The van der Waals surface area contributed by atoms with E-state index in [1.54, 1.807) is 0 Å². The second-order valence-electron chi connectivity index (χ2n) is 6.00. The molecule has 0 saturated carbocycles. The number of amides is 2. The average molecular weight is 364 g/mol. The molecule has 0 bridgehead atoms. The van der Waals surface area contributed by atoms with Gasteiger partial charge in [0, 0.05) is 13.3 Å². The van der Waals surface area contributed by atoms with Gasteiger partial charge in [-0.1, -0.05) is 31.9 Å². The van der Waals surface area contributed by atoms with Crippen LogP contribution in [-0.2, 0) is 20.8 Å². The second kappa shape index (κ2) is 10.2. The lowest BCUT2D eigenvalue weighted by Gasteiger charge is -2.21. The molecule has 0 aliphatic rings. The average Bonchev–Trinajstić information content (AvgIpc) is 2.57. The Hall–Kier alpha value is -2.90. The highest BCUT2D eigenvalue weighted by Crippen LogP contribution is 2.09. The number of hydrogen-bond acceptors (Lipinski definition) is 4. The van der Waals surface area contributed by atoms with Crippen LogP contribution in [0.3, 0.4) is 0 Å². The molecule has 4 N–H and O–H groups in total. The third-order valence-corrected chi connectivity index (χ3v) is 3.80. The Bertz CT molecular complexity index is 656. The van der Waals surface area contributed by atoms with Gasteiger partial charge in [-0.05, 0) is 24.1 Å². The predicted molar refractivity (Wildman–Crippen MR) is 93.8 cm³/mol. The van der Waals surface area contributed by atoms with Crippen molar-refractivity contribution in [1.29, 1.82) is 0 Å². The Labute approximate surface area is 151 Å². The topological polar surface area (TPSA) is 133 Å². The maximum atomic E-state index is 12.4. The van der Waals surface area contributed by atoms with Gasteiger partial charge in [0.2, 0.25) is 11.8 Å². The zero-order valence-electron chi connectivity index (χ0n) is 14.8. The first-order valence-electron chi connectivity index (χ1n) is 8.37. The number of carbonyl (C=O) groups excluding carboxylic acids is 2. The zero-order chi connectivity index (χ0) is 19.7. The van der Waals surface area contributed by atoms with Crippen LogP contribution in [-0.4, -0.2) is 46.0 Å². The van der Waals surface area contributed by atoms with Crippen molar-refractivity contribution in [3.63, 3.8) is 0 Å². The third-order valence-electron chi connectivity index (χ3n) is 3.80. The number of aromatic carboxylic acids is 1. The van der Waals surface area contributed by atoms with Gasteiger partial charge in [0.1, 0.15) is 12.1 Å². The standard InChI is InChI=1S/C18H24N2O6/c1-3-4-5-14(19-11(2)21)16(22)20-15(18(25)26)10-12-6-8-13(9-7-12)17(23)24/h6-9,14-15H,3-5,10H2,1-2H3,(H,19,21)(H,20,22)(H,23,24)(H,25,26)/t14-,15-/m0/s1. The van der Waals surface area contributed by atoms with Gasteiger partial charge in [-0.25, -0.2) is 9.59 Å². The maximum absolute atomic E-state index is 12.4. The maximum Gasteiger partial charge on any atom is 0.335 e. The van der Waals surface area contributed by atoms with Crippen LogP contribution < -0.4 is 10.6 Å². The predicted octanol–water partition coefficient (Wildman–Crippen LogP) is 1.19. The molecule has 0 saturated heterocycles. The molecule has 1 aromatic carbocycles. The van der Waals surface area contributed by atoms with E-state index in [2.05, 4.69) is 10.6 Å². The van der Waals surface area contributed by atoms with Crippen LogP contribution in [0, 0.1) is 0 Å². The lowest BCUT2D eigenvalue weighted by Crippen LogP contribution is -2.51. The first kappa shape index (κ1) is 21.1. The van der Waals surface area contributed by atoms with E-state index < -0.39 is 29.9 Å². The van der Waals surface area contributed by atoms with Crippen LogP contribution in [0.1, 0.15) is 49.0 Å². The van der Waals surface area contributed by atoms with Crippen LogP contribution in [0.5, 0.6) is 0 Å². The number of rotatable bonds is 10. The number of aliphatic carboxylic acids is 1. The summed E-state index contributed by atoms with van der Waals surface area (Å²) in [4.78, 5) is 46.0. The van der Waals surface area contributed by atoms with Crippen LogP contribution in [0.2, 0.25) is 0 Å². The summed E-state index contributed by atoms with van der Waals surface area (Å²) in [5, 5.41) is 23.2. The highest BCUT2D eigenvalue weighted by molar-refractivity contribution is 5.90. The van der Waals surface area contributed by atoms with Crippen LogP contribution in [0.25, 0.3) is 0 Å².